The van der Waals surface area contributed by atoms with Crippen molar-refractivity contribution < 1.29 is 9.59 Å². The van der Waals surface area contributed by atoms with Crippen LogP contribution in [0.3, 0.4) is 0 Å². The summed E-state index contributed by atoms with van der Waals surface area (Å²) in [5.41, 5.74) is 0. The Hall–Kier alpha value is -2.22. The lowest BCUT2D eigenvalue weighted by Crippen LogP contribution is -2.33. The molecule has 3 N–H and O–H groups in total. The Morgan fingerprint density at radius 2 is 2.33 bits per heavy atom. The van der Waals surface area contributed by atoms with Crippen LogP contribution in [0.1, 0.15) is 30.1 Å². The Kier molecular flexibility index (Phi) is 5.44. The summed E-state index contributed by atoms with van der Waals surface area (Å²) in [4.78, 5) is 28.1. The minimum absolute atomic E-state index is 0.110. The molecule has 0 bridgehead atoms. The highest BCUT2D eigenvalue weighted by atomic mass is 32.1. The fraction of sp³-hybridized carbons (Fsp3) is 0.385. The Bertz CT molecular complexity index is 567. The Morgan fingerprint density at radius 1 is 1.48 bits per heavy atom. The quantitative estimate of drug-likeness (QED) is 0.704. The number of nitrogens with one attached hydrogen (secondary N) is 3. The number of aromatic nitrogens is 3. The van der Waals surface area contributed by atoms with Crippen molar-refractivity contribution in [3.63, 3.8) is 0 Å². The maximum atomic E-state index is 12.0. The van der Waals surface area contributed by atoms with Crippen molar-refractivity contribution in [1.82, 2.24) is 25.8 Å². The van der Waals surface area contributed by atoms with Gasteiger partial charge in [0.25, 0.3) is 0 Å². The number of carbonyl (C=O) groups excluding carboxylic acids is 2. The van der Waals surface area contributed by atoms with Crippen LogP contribution in [-0.2, 0) is 16.0 Å². The van der Waals surface area contributed by atoms with Gasteiger partial charge in [-0.15, -0.1) is 11.3 Å². The second kappa shape index (κ2) is 7.53. The van der Waals surface area contributed by atoms with Gasteiger partial charge in [0.05, 0.1) is 12.5 Å². The van der Waals surface area contributed by atoms with Crippen LogP contribution in [0.5, 0.6) is 0 Å². The Labute approximate surface area is 126 Å². The van der Waals surface area contributed by atoms with Crippen LogP contribution in [-0.4, -0.2) is 33.5 Å². The molecular weight excluding hydrogens is 290 g/mol. The van der Waals surface area contributed by atoms with Gasteiger partial charge in [0.2, 0.25) is 11.8 Å². The number of hydrogen-bond acceptors (Lipinski definition) is 5. The molecule has 0 radical (unpaired) electrons. The average Bonchev–Trinajstić information content (AvgIpc) is 3.10. The average molecular weight is 307 g/mol. The molecule has 2 rings (SSSR count). The molecule has 8 heteroatoms. The molecule has 0 aliphatic carbocycles. The standard InChI is InChI=1S/C13H17N5O2S/c1-9(19)17-10(11-3-2-6-21-11)7-13(20)14-5-4-12-15-8-16-18-12/h2-3,6,8,10H,4-5,7H2,1H3,(H,14,20)(H,17,19)(H,15,16,18). The number of hydrogen-bond donors (Lipinski definition) is 3. The summed E-state index contributed by atoms with van der Waals surface area (Å²) in [7, 11) is 0. The molecule has 1 atom stereocenters. The smallest absolute Gasteiger partial charge is 0.222 e. The largest absolute Gasteiger partial charge is 0.356 e. The van der Waals surface area contributed by atoms with E-state index >= 15 is 0 Å². The lowest BCUT2D eigenvalue weighted by atomic mass is 10.1. The zero-order valence-corrected chi connectivity index (χ0v) is 12.4. The number of H-pyrrole nitrogens is 1. The van der Waals surface area contributed by atoms with Crippen molar-refractivity contribution in [1.29, 1.82) is 0 Å². The number of aromatic amines is 1. The monoisotopic (exact) mass is 307 g/mol. The van der Waals surface area contributed by atoms with Crippen LogP contribution in [0.2, 0.25) is 0 Å². The number of amides is 2. The Morgan fingerprint density at radius 3 is 2.95 bits per heavy atom. The zero-order chi connectivity index (χ0) is 15.1. The molecule has 1 unspecified atom stereocenters. The second-order valence-electron chi connectivity index (χ2n) is 4.50. The highest BCUT2D eigenvalue weighted by Crippen LogP contribution is 2.21. The van der Waals surface area contributed by atoms with Gasteiger partial charge < -0.3 is 10.6 Å². The number of thiophene rings is 1. The van der Waals surface area contributed by atoms with E-state index in [-0.39, 0.29) is 24.3 Å². The third-order valence-electron chi connectivity index (χ3n) is 2.80. The van der Waals surface area contributed by atoms with Crippen LogP contribution in [0.4, 0.5) is 0 Å². The van der Waals surface area contributed by atoms with Crippen LogP contribution < -0.4 is 10.6 Å². The summed E-state index contributed by atoms with van der Waals surface area (Å²) in [6.45, 7) is 1.92. The predicted molar refractivity (Wildman–Crippen MR) is 78.6 cm³/mol. The van der Waals surface area contributed by atoms with E-state index in [0.29, 0.717) is 13.0 Å². The van der Waals surface area contributed by atoms with E-state index in [2.05, 4.69) is 25.8 Å². The SMILES string of the molecule is CC(=O)NC(CC(=O)NCCc1ncn[nH]1)c1cccs1. The third-order valence-corrected chi connectivity index (χ3v) is 3.79. The van der Waals surface area contributed by atoms with Gasteiger partial charge in [0.15, 0.2) is 0 Å². The molecule has 21 heavy (non-hydrogen) atoms. The van der Waals surface area contributed by atoms with E-state index in [1.165, 1.54) is 24.6 Å². The van der Waals surface area contributed by atoms with Gasteiger partial charge in [0, 0.05) is 24.8 Å². The maximum Gasteiger partial charge on any atom is 0.222 e. The zero-order valence-electron chi connectivity index (χ0n) is 11.6. The summed E-state index contributed by atoms with van der Waals surface area (Å²) in [6, 6.07) is 3.52. The highest BCUT2D eigenvalue weighted by Gasteiger charge is 2.17. The molecule has 0 fully saturated rings. The number of nitrogens with zero attached hydrogens (tertiary/aromatic N) is 2. The fourth-order valence-corrected chi connectivity index (χ4v) is 2.66. The Balaban J connectivity index is 1.81. The summed E-state index contributed by atoms with van der Waals surface area (Å²) >= 11 is 1.52. The molecular formula is C13H17N5O2S. The van der Waals surface area contributed by atoms with Gasteiger partial charge in [-0.2, -0.15) is 5.10 Å². The predicted octanol–water partition coefficient (Wildman–Crippen LogP) is 0.792. The van der Waals surface area contributed by atoms with Gasteiger partial charge >= 0.3 is 0 Å². The highest BCUT2D eigenvalue weighted by molar-refractivity contribution is 7.10. The summed E-state index contributed by atoms with van der Waals surface area (Å²) in [5, 5.41) is 14.0. The van der Waals surface area contributed by atoms with Crippen LogP contribution in [0, 0.1) is 0 Å². The first-order valence-corrected chi connectivity index (χ1v) is 7.44. The number of rotatable bonds is 7. The third kappa shape index (κ3) is 4.99. The van der Waals surface area contributed by atoms with Crippen molar-refractivity contribution in [2.75, 3.05) is 6.54 Å². The van der Waals surface area contributed by atoms with Gasteiger partial charge in [-0.1, -0.05) is 6.07 Å². The van der Waals surface area contributed by atoms with Gasteiger partial charge in [-0.25, -0.2) is 4.98 Å². The summed E-state index contributed by atoms with van der Waals surface area (Å²) in [6.07, 6.45) is 2.24. The summed E-state index contributed by atoms with van der Waals surface area (Å²) in [5.74, 6) is 0.469. The van der Waals surface area contributed by atoms with Crippen LogP contribution in [0.25, 0.3) is 0 Å². The topological polar surface area (TPSA) is 99.8 Å². The van der Waals surface area contributed by atoms with E-state index in [1.54, 1.807) is 0 Å². The molecule has 0 aliphatic rings. The normalized spacial score (nSPS) is 11.9. The van der Waals surface area contributed by atoms with Crippen LogP contribution in [0.15, 0.2) is 23.8 Å². The van der Waals surface area contributed by atoms with Crippen molar-refractivity contribution >= 4 is 23.2 Å². The van der Waals surface area contributed by atoms with Crippen molar-refractivity contribution in [2.24, 2.45) is 0 Å². The van der Waals surface area contributed by atoms with Gasteiger partial charge in [0.1, 0.15) is 12.2 Å². The lowest BCUT2D eigenvalue weighted by molar-refractivity contribution is -0.122. The van der Waals surface area contributed by atoms with E-state index < -0.39 is 0 Å². The second-order valence-corrected chi connectivity index (χ2v) is 5.48. The fourth-order valence-electron chi connectivity index (χ4n) is 1.89. The van der Waals surface area contributed by atoms with Crippen molar-refractivity contribution in [3.05, 3.63) is 34.5 Å². The molecule has 0 aliphatic heterocycles. The van der Waals surface area contributed by atoms with Crippen LogP contribution >= 0.6 is 11.3 Å². The molecule has 0 saturated carbocycles. The molecule has 7 nitrogen and oxygen atoms in total. The molecule has 2 aromatic rings. The molecule has 2 heterocycles. The first-order valence-electron chi connectivity index (χ1n) is 6.56. The minimum Gasteiger partial charge on any atom is -0.356 e. The van der Waals surface area contributed by atoms with E-state index in [0.717, 1.165) is 10.7 Å². The molecule has 112 valence electrons. The minimum atomic E-state index is -0.284. The van der Waals surface area contributed by atoms with E-state index in [1.807, 2.05) is 17.5 Å². The first kappa shape index (κ1) is 15.2. The molecule has 2 amide bonds. The maximum absolute atomic E-state index is 12.0. The van der Waals surface area contributed by atoms with E-state index in [4.69, 9.17) is 0 Å². The van der Waals surface area contributed by atoms with Crippen molar-refractivity contribution in [2.45, 2.75) is 25.8 Å². The molecule has 0 spiro atoms. The lowest BCUT2D eigenvalue weighted by Gasteiger charge is -2.16. The van der Waals surface area contributed by atoms with E-state index in [9.17, 15) is 9.59 Å². The number of carbonyl (C=O) groups is 2. The summed E-state index contributed by atoms with van der Waals surface area (Å²) < 4.78 is 0. The van der Waals surface area contributed by atoms with Gasteiger partial charge in [-0.05, 0) is 11.4 Å². The van der Waals surface area contributed by atoms with Crippen molar-refractivity contribution in [3.8, 4) is 0 Å². The van der Waals surface area contributed by atoms with Gasteiger partial charge in [-0.3, -0.25) is 14.7 Å². The molecule has 2 aromatic heterocycles. The molecule has 0 aromatic carbocycles. The first-order chi connectivity index (χ1) is 10.1. The molecule has 0 saturated heterocycles.